The lowest BCUT2D eigenvalue weighted by molar-refractivity contribution is -0.138. The number of carbonyl (C=O) groups is 1. The lowest BCUT2D eigenvalue weighted by Crippen LogP contribution is -2.32. The zero-order chi connectivity index (χ0) is 11.5. The molecule has 0 aromatic heterocycles. The lowest BCUT2D eigenvalue weighted by Gasteiger charge is -2.09. The van der Waals surface area contributed by atoms with E-state index in [1.54, 1.807) is 0 Å². The Morgan fingerprint density at radius 3 is 2.60 bits per heavy atom. The number of rotatable bonds is 7. The van der Waals surface area contributed by atoms with E-state index in [1.165, 1.54) is 12.8 Å². The predicted molar refractivity (Wildman–Crippen MR) is 58.2 cm³/mol. The molecule has 1 aliphatic rings. The van der Waals surface area contributed by atoms with Crippen molar-refractivity contribution in [2.75, 3.05) is 11.5 Å². The molecule has 1 rings (SSSR count). The van der Waals surface area contributed by atoms with Crippen molar-refractivity contribution in [3.63, 3.8) is 0 Å². The Morgan fingerprint density at radius 1 is 1.53 bits per heavy atom. The molecule has 2 atom stereocenters. The first-order valence-corrected chi connectivity index (χ1v) is 7.03. The summed E-state index contributed by atoms with van der Waals surface area (Å²) in [6.07, 6.45) is 3.33. The maximum atomic E-state index is 11.7. The van der Waals surface area contributed by atoms with Crippen LogP contribution in [0.5, 0.6) is 0 Å². The van der Waals surface area contributed by atoms with Gasteiger partial charge in [0.05, 0.1) is 0 Å². The molecule has 5 nitrogen and oxygen atoms in total. The molecule has 1 saturated carbocycles. The van der Waals surface area contributed by atoms with Crippen LogP contribution in [0.1, 0.15) is 25.7 Å². The van der Waals surface area contributed by atoms with Gasteiger partial charge in [0.2, 0.25) is 0 Å². The van der Waals surface area contributed by atoms with Crippen LogP contribution in [-0.2, 0) is 14.5 Å². The van der Waals surface area contributed by atoms with Crippen molar-refractivity contribution in [3.05, 3.63) is 0 Å². The highest BCUT2D eigenvalue weighted by Gasteiger charge is 2.23. The first-order valence-electron chi connectivity index (χ1n) is 5.13. The summed E-state index contributed by atoms with van der Waals surface area (Å²) in [6, 6.07) is -0.989. The highest BCUT2D eigenvalue weighted by molar-refractivity contribution is 7.92. The Bertz CT molecular complexity index is 322. The Balaban J connectivity index is 2.25. The minimum Gasteiger partial charge on any atom is -0.480 e. The van der Waals surface area contributed by atoms with Crippen molar-refractivity contribution in [1.29, 1.82) is 4.78 Å². The fraction of sp³-hybridized carbons (Fsp3) is 0.889. The molecule has 1 aliphatic carbocycles. The molecular weight excluding hydrogens is 216 g/mol. The van der Waals surface area contributed by atoms with Gasteiger partial charge < -0.3 is 10.8 Å². The minimum atomic E-state index is -2.61. The largest absolute Gasteiger partial charge is 0.480 e. The zero-order valence-electron chi connectivity index (χ0n) is 8.65. The summed E-state index contributed by atoms with van der Waals surface area (Å²) >= 11 is 0. The van der Waals surface area contributed by atoms with E-state index in [0.29, 0.717) is 11.7 Å². The smallest absolute Gasteiger partial charge is 0.320 e. The molecule has 15 heavy (non-hydrogen) atoms. The van der Waals surface area contributed by atoms with Crippen molar-refractivity contribution in [3.8, 4) is 0 Å². The van der Waals surface area contributed by atoms with Gasteiger partial charge in [-0.2, -0.15) is 0 Å². The molecule has 0 saturated heterocycles. The Labute approximate surface area is 90.0 Å². The third-order valence-corrected chi connectivity index (χ3v) is 4.42. The van der Waals surface area contributed by atoms with Gasteiger partial charge in [0.1, 0.15) is 6.04 Å². The summed E-state index contributed by atoms with van der Waals surface area (Å²) < 4.78 is 19.2. The van der Waals surface area contributed by atoms with Gasteiger partial charge in [-0.3, -0.25) is 9.57 Å². The van der Waals surface area contributed by atoms with Crippen LogP contribution < -0.4 is 5.73 Å². The molecule has 0 heterocycles. The maximum Gasteiger partial charge on any atom is 0.320 e. The second-order valence-corrected chi connectivity index (χ2v) is 6.63. The van der Waals surface area contributed by atoms with E-state index in [-0.39, 0.29) is 12.2 Å². The Kier molecular flexibility index (Phi) is 4.10. The van der Waals surface area contributed by atoms with Crippen LogP contribution in [0.2, 0.25) is 0 Å². The number of carboxylic acid groups (broad SMARTS) is 1. The van der Waals surface area contributed by atoms with E-state index in [4.69, 9.17) is 15.6 Å². The van der Waals surface area contributed by atoms with E-state index in [2.05, 4.69) is 0 Å². The predicted octanol–water partition coefficient (Wildman–Crippen LogP) is 0.635. The summed E-state index contributed by atoms with van der Waals surface area (Å²) in [5, 5.41) is 8.53. The molecule has 88 valence electrons. The van der Waals surface area contributed by atoms with Gasteiger partial charge in [0, 0.05) is 21.2 Å². The van der Waals surface area contributed by atoms with E-state index in [0.717, 1.165) is 6.42 Å². The average Bonchev–Trinajstić information content (AvgIpc) is 2.94. The average molecular weight is 234 g/mol. The van der Waals surface area contributed by atoms with Crippen molar-refractivity contribution >= 4 is 15.7 Å². The summed E-state index contributed by atoms with van der Waals surface area (Å²) in [5.41, 5.74) is 5.28. The number of hydrogen-bond acceptors (Lipinski definition) is 4. The Morgan fingerprint density at radius 2 is 2.13 bits per heavy atom. The number of carboxylic acids is 1. The molecule has 4 N–H and O–H groups in total. The van der Waals surface area contributed by atoms with Crippen LogP contribution in [0.4, 0.5) is 0 Å². The van der Waals surface area contributed by atoms with Crippen molar-refractivity contribution in [2.45, 2.75) is 31.7 Å². The van der Waals surface area contributed by atoms with Crippen molar-refractivity contribution in [2.24, 2.45) is 11.7 Å². The van der Waals surface area contributed by atoms with Gasteiger partial charge in [0.25, 0.3) is 0 Å². The molecule has 0 aromatic rings. The molecule has 0 aromatic carbocycles. The van der Waals surface area contributed by atoms with Crippen LogP contribution in [0.15, 0.2) is 0 Å². The minimum absolute atomic E-state index is 0.104. The first kappa shape index (κ1) is 12.4. The molecule has 0 aliphatic heterocycles. The van der Waals surface area contributed by atoms with Crippen LogP contribution in [0.3, 0.4) is 0 Å². The number of nitrogens with two attached hydrogens (primary N) is 1. The summed E-state index contributed by atoms with van der Waals surface area (Å²) in [5.74, 6) is 0.0636. The summed E-state index contributed by atoms with van der Waals surface area (Å²) in [7, 11) is -2.61. The maximum absolute atomic E-state index is 11.7. The third kappa shape index (κ3) is 5.13. The first-order chi connectivity index (χ1) is 6.91. The van der Waals surface area contributed by atoms with Gasteiger partial charge in [-0.05, 0) is 18.8 Å². The lowest BCUT2D eigenvalue weighted by atomic mass is 10.2. The molecular formula is C9H18N2O3S. The van der Waals surface area contributed by atoms with Gasteiger partial charge in [-0.1, -0.05) is 12.8 Å². The molecule has 0 spiro atoms. The van der Waals surface area contributed by atoms with Gasteiger partial charge in [-0.25, -0.2) is 4.21 Å². The third-order valence-electron chi connectivity index (χ3n) is 2.63. The highest BCUT2D eigenvalue weighted by atomic mass is 32.2. The zero-order valence-corrected chi connectivity index (χ0v) is 9.46. The second kappa shape index (κ2) is 4.94. The Hall–Kier alpha value is -0.620. The molecule has 2 unspecified atom stereocenters. The van der Waals surface area contributed by atoms with Gasteiger partial charge in [-0.15, -0.1) is 0 Å². The van der Waals surface area contributed by atoms with Crippen LogP contribution >= 0.6 is 0 Å². The highest BCUT2D eigenvalue weighted by Crippen LogP contribution is 2.32. The second-order valence-electron chi connectivity index (χ2n) is 4.19. The molecule has 6 heteroatoms. The van der Waals surface area contributed by atoms with E-state index >= 15 is 0 Å². The number of hydrogen-bond donors (Lipinski definition) is 3. The van der Waals surface area contributed by atoms with Crippen LogP contribution in [-0.4, -0.2) is 32.8 Å². The fourth-order valence-corrected chi connectivity index (χ4v) is 2.86. The molecule has 1 fully saturated rings. The SMILES string of the molecule is N=S(=O)(CCC1CC1)CCC(N)C(=O)O. The quantitative estimate of drug-likeness (QED) is 0.601. The monoisotopic (exact) mass is 234 g/mol. The van der Waals surface area contributed by atoms with Crippen molar-refractivity contribution < 1.29 is 14.1 Å². The van der Waals surface area contributed by atoms with E-state index in [9.17, 15) is 9.00 Å². The van der Waals surface area contributed by atoms with Crippen molar-refractivity contribution in [1.82, 2.24) is 0 Å². The fourth-order valence-electron chi connectivity index (χ4n) is 1.31. The standard InChI is InChI=1S/C9H18N2O3S/c10-8(9(12)13)4-6-15(11,14)5-3-7-1-2-7/h7-8,11H,1-6,10H2,(H,12,13). The number of nitrogens with one attached hydrogen (secondary N) is 1. The van der Waals surface area contributed by atoms with Crippen LogP contribution in [0.25, 0.3) is 0 Å². The summed E-state index contributed by atoms with van der Waals surface area (Å²) in [6.45, 7) is 0. The molecule has 0 amide bonds. The number of aliphatic carboxylic acids is 1. The molecule has 0 radical (unpaired) electrons. The molecule has 0 bridgehead atoms. The normalized spacial score (nSPS) is 21.9. The van der Waals surface area contributed by atoms with Crippen LogP contribution in [0, 0.1) is 10.7 Å². The van der Waals surface area contributed by atoms with Gasteiger partial charge >= 0.3 is 5.97 Å². The summed E-state index contributed by atoms with van der Waals surface area (Å²) in [4.78, 5) is 10.4. The van der Waals surface area contributed by atoms with E-state index in [1.807, 2.05) is 0 Å². The topological polar surface area (TPSA) is 104 Å². The van der Waals surface area contributed by atoms with E-state index < -0.39 is 21.7 Å². The van der Waals surface area contributed by atoms with Gasteiger partial charge in [0.15, 0.2) is 0 Å².